The van der Waals surface area contributed by atoms with Crippen LogP contribution in [0.1, 0.15) is 32.6 Å². The van der Waals surface area contributed by atoms with E-state index in [9.17, 15) is 13.5 Å². The second kappa shape index (κ2) is 5.61. The van der Waals surface area contributed by atoms with Gasteiger partial charge in [0, 0.05) is 6.54 Å². The van der Waals surface area contributed by atoms with Gasteiger partial charge < -0.3 is 16.2 Å². The number of hydrogen-bond donors (Lipinski definition) is 3. The number of nitrogen functional groups attached to an aromatic ring is 1. The van der Waals surface area contributed by atoms with E-state index in [-0.39, 0.29) is 10.6 Å². The lowest BCUT2D eigenvalue weighted by Gasteiger charge is -2.23. The van der Waals surface area contributed by atoms with Crippen molar-refractivity contribution in [1.29, 1.82) is 0 Å². The molecule has 0 bridgehead atoms. The van der Waals surface area contributed by atoms with Gasteiger partial charge in [-0.15, -0.1) is 0 Å². The Morgan fingerprint density at radius 3 is 2.55 bits per heavy atom. The minimum Gasteiger partial charge on any atom is -0.397 e. The van der Waals surface area contributed by atoms with E-state index in [0.717, 1.165) is 25.7 Å². The number of nitrogens with one attached hydrogen (secondary N) is 1. The lowest BCUT2D eigenvalue weighted by atomic mass is 10.0. The zero-order chi connectivity index (χ0) is 14.8. The molecule has 4 N–H and O–H groups in total. The second-order valence-corrected chi connectivity index (χ2v) is 7.72. The van der Waals surface area contributed by atoms with Crippen molar-refractivity contribution in [3.8, 4) is 0 Å². The first-order chi connectivity index (χ1) is 9.36. The quantitative estimate of drug-likeness (QED) is 0.721. The van der Waals surface area contributed by atoms with Crippen LogP contribution in [0.5, 0.6) is 0 Å². The number of sulfone groups is 1. The Balaban J connectivity index is 2.10. The Labute approximate surface area is 120 Å². The molecule has 112 valence electrons. The fraction of sp³-hybridized carbons (Fsp3) is 0.571. The van der Waals surface area contributed by atoms with Crippen LogP contribution in [-0.4, -0.2) is 31.4 Å². The van der Waals surface area contributed by atoms with Crippen LogP contribution in [0.25, 0.3) is 0 Å². The molecule has 1 aromatic rings. The zero-order valence-corrected chi connectivity index (χ0v) is 12.5. The summed E-state index contributed by atoms with van der Waals surface area (Å²) in [5.74, 6) is 0.0545. The van der Waals surface area contributed by atoms with Gasteiger partial charge in [0.05, 0.1) is 27.6 Å². The fourth-order valence-electron chi connectivity index (χ4n) is 2.53. The molecule has 0 unspecified atom stereocenters. The van der Waals surface area contributed by atoms with Crippen LogP contribution in [0.4, 0.5) is 11.4 Å². The fourth-order valence-corrected chi connectivity index (χ4v) is 3.45. The Bertz CT molecular complexity index is 578. The van der Waals surface area contributed by atoms with Crippen molar-refractivity contribution < 1.29 is 13.5 Å². The monoisotopic (exact) mass is 298 g/mol. The first-order valence-electron chi connectivity index (χ1n) is 6.95. The van der Waals surface area contributed by atoms with Crippen LogP contribution < -0.4 is 11.1 Å². The smallest absolute Gasteiger partial charge is 0.178 e. The van der Waals surface area contributed by atoms with E-state index >= 15 is 0 Å². The maximum absolute atomic E-state index is 11.8. The van der Waals surface area contributed by atoms with Crippen molar-refractivity contribution in [2.45, 2.75) is 43.1 Å². The molecule has 0 aromatic heterocycles. The molecule has 1 aliphatic carbocycles. The van der Waals surface area contributed by atoms with Crippen molar-refractivity contribution in [2.75, 3.05) is 23.3 Å². The summed E-state index contributed by atoms with van der Waals surface area (Å²) in [5, 5.41) is 13.4. The summed E-state index contributed by atoms with van der Waals surface area (Å²) >= 11 is 0. The van der Waals surface area contributed by atoms with E-state index in [1.54, 1.807) is 19.1 Å². The summed E-state index contributed by atoms with van der Waals surface area (Å²) in [6.45, 7) is 2.05. The molecule has 0 amide bonds. The zero-order valence-electron chi connectivity index (χ0n) is 11.7. The molecule has 1 aromatic carbocycles. The number of nitrogens with two attached hydrogens (primary N) is 1. The first-order valence-corrected chi connectivity index (χ1v) is 8.60. The second-order valence-electron chi connectivity index (χ2n) is 5.44. The molecule has 0 saturated heterocycles. The van der Waals surface area contributed by atoms with Gasteiger partial charge in [-0.25, -0.2) is 8.42 Å². The predicted molar refractivity (Wildman–Crippen MR) is 80.5 cm³/mol. The van der Waals surface area contributed by atoms with E-state index in [0.29, 0.717) is 17.9 Å². The van der Waals surface area contributed by atoms with E-state index in [2.05, 4.69) is 5.32 Å². The molecule has 0 radical (unpaired) electrons. The highest BCUT2D eigenvalue weighted by Gasteiger charge is 2.30. The molecule has 1 aliphatic rings. The Morgan fingerprint density at radius 2 is 2.00 bits per heavy atom. The summed E-state index contributed by atoms with van der Waals surface area (Å²) in [5.41, 5.74) is 6.28. The van der Waals surface area contributed by atoms with E-state index in [1.165, 1.54) is 6.07 Å². The van der Waals surface area contributed by atoms with Gasteiger partial charge in [0.15, 0.2) is 9.84 Å². The van der Waals surface area contributed by atoms with Crippen LogP contribution >= 0.6 is 0 Å². The Kier molecular flexibility index (Phi) is 4.25. The lowest BCUT2D eigenvalue weighted by Crippen LogP contribution is -2.33. The Hall–Kier alpha value is -1.27. The molecule has 0 atom stereocenters. The van der Waals surface area contributed by atoms with Crippen molar-refractivity contribution in [2.24, 2.45) is 0 Å². The SMILES string of the molecule is CCS(=O)(=O)c1ccc(NCC2(O)CCCC2)c(N)c1. The van der Waals surface area contributed by atoms with E-state index in [4.69, 9.17) is 5.73 Å². The topological polar surface area (TPSA) is 92.4 Å². The molecule has 0 heterocycles. The van der Waals surface area contributed by atoms with Gasteiger partial charge in [-0.1, -0.05) is 19.8 Å². The summed E-state index contributed by atoms with van der Waals surface area (Å²) < 4.78 is 23.5. The summed E-state index contributed by atoms with van der Waals surface area (Å²) in [6.07, 6.45) is 3.67. The Morgan fingerprint density at radius 1 is 1.35 bits per heavy atom. The van der Waals surface area contributed by atoms with E-state index < -0.39 is 15.4 Å². The number of rotatable bonds is 5. The molecule has 6 heteroatoms. The van der Waals surface area contributed by atoms with Gasteiger partial charge in [-0.05, 0) is 31.0 Å². The average Bonchev–Trinajstić information content (AvgIpc) is 2.84. The molecular formula is C14H22N2O3S. The van der Waals surface area contributed by atoms with Gasteiger partial charge in [-0.2, -0.15) is 0 Å². The molecule has 5 nitrogen and oxygen atoms in total. The maximum Gasteiger partial charge on any atom is 0.178 e. The third kappa shape index (κ3) is 3.24. The first kappa shape index (κ1) is 15.1. The number of benzene rings is 1. The van der Waals surface area contributed by atoms with Crippen LogP contribution in [-0.2, 0) is 9.84 Å². The third-order valence-electron chi connectivity index (χ3n) is 3.90. The third-order valence-corrected chi connectivity index (χ3v) is 5.64. The summed E-state index contributed by atoms with van der Waals surface area (Å²) in [6, 6.07) is 4.69. The summed E-state index contributed by atoms with van der Waals surface area (Å²) in [4.78, 5) is 0.239. The highest BCUT2D eigenvalue weighted by atomic mass is 32.2. The highest BCUT2D eigenvalue weighted by molar-refractivity contribution is 7.91. The molecule has 1 saturated carbocycles. The van der Waals surface area contributed by atoms with Crippen LogP contribution in [0.3, 0.4) is 0 Å². The predicted octanol–water partition coefficient (Wildman–Crippen LogP) is 1.78. The maximum atomic E-state index is 11.8. The van der Waals surface area contributed by atoms with Crippen LogP contribution in [0.2, 0.25) is 0 Å². The van der Waals surface area contributed by atoms with Gasteiger partial charge in [-0.3, -0.25) is 0 Å². The minimum atomic E-state index is -3.24. The molecular weight excluding hydrogens is 276 g/mol. The number of anilines is 2. The highest BCUT2D eigenvalue weighted by Crippen LogP contribution is 2.31. The number of aliphatic hydroxyl groups is 1. The van der Waals surface area contributed by atoms with Gasteiger partial charge >= 0.3 is 0 Å². The largest absolute Gasteiger partial charge is 0.397 e. The number of hydrogen-bond acceptors (Lipinski definition) is 5. The van der Waals surface area contributed by atoms with E-state index in [1.807, 2.05) is 0 Å². The van der Waals surface area contributed by atoms with Gasteiger partial charge in [0.2, 0.25) is 0 Å². The van der Waals surface area contributed by atoms with Crippen molar-refractivity contribution in [1.82, 2.24) is 0 Å². The minimum absolute atomic E-state index is 0.0545. The lowest BCUT2D eigenvalue weighted by molar-refractivity contribution is 0.0615. The average molecular weight is 298 g/mol. The van der Waals surface area contributed by atoms with Gasteiger partial charge in [0.25, 0.3) is 0 Å². The molecule has 0 spiro atoms. The standard InChI is InChI=1S/C14H22N2O3S/c1-2-20(18,19)11-5-6-13(12(15)9-11)16-10-14(17)7-3-4-8-14/h5-6,9,16-17H,2-4,7-8,10,15H2,1H3. The molecule has 20 heavy (non-hydrogen) atoms. The summed E-state index contributed by atoms with van der Waals surface area (Å²) in [7, 11) is -3.24. The van der Waals surface area contributed by atoms with Crippen molar-refractivity contribution in [3.63, 3.8) is 0 Å². The van der Waals surface area contributed by atoms with Crippen LogP contribution in [0, 0.1) is 0 Å². The van der Waals surface area contributed by atoms with Crippen molar-refractivity contribution >= 4 is 21.2 Å². The van der Waals surface area contributed by atoms with Crippen LogP contribution in [0.15, 0.2) is 23.1 Å². The molecule has 1 fully saturated rings. The molecule has 0 aliphatic heterocycles. The van der Waals surface area contributed by atoms with Crippen molar-refractivity contribution in [3.05, 3.63) is 18.2 Å². The normalized spacial score (nSPS) is 18.1. The van der Waals surface area contributed by atoms with Gasteiger partial charge in [0.1, 0.15) is 0 Å². The molecule has 2 rings (SSSR count).